The number of hydrogen-bond donors (Lipinski definition) is 2. The molecule has 2 saturated heterocycles. The van der Waals surface area contributed by atoms with Crippen molar-refractivity contribution in [3.8, 4) is 0 Å². The molecule has 3 amide bonds. The molecule has 3 N–H and O–H groups in total. The van der Waals surface area contributed by atoms with Crippen molar-refractivity contribution in [1.82, 2.24) is 20.0 Å². The van der Waals surface area contributed by atoms with Gasteiger partial charge in [0.2, 0.25) is 11.8 Å². The van der Waals surface area contributed by atoms with Crippen molar-refractivity contribution in [2.24, 2.45) is 11.7 Å². The number of carbonyl (C=O) groups excluding carboxylic acids is 3. The summed E-state index contributed by atoms with van der Waals surface area (Å²) in [5.74, 6) is 0.535. The van der Waals surface area contributed by atoms with E-state index in [-0.39, 0.29) is 23.8 Å². The molecule has 0 bridgehead atoms. The summed E-state index contributed by atoms with van der Waals surface area (Å²) in [4.78, 5) is 42.0. The number of carbonyl (C=O) groups is 3. The van der Waals surface area contributed by atoms with Gasteiger partial charge in [-0.2, -0.15) is 0 Å². The van der Waals surface area contributed by atoms with Gasteiger partial charge in [-0.15, -0.1) is 0 Å². The van der Waals surface area contributed by atoms with Crippen LogP contribution in [-0.4, -0.2) is 98.1 Å². The van der Waals surface area contributed by atoms with Crippen molar-refractivity contribution in [1.29, 1.82) is 0 Å². The number of piperidine rings is 2. The van der Waals surface area contributed by atoms with E-state index in [2.05, 4.69) is 22.0 Å². The first-order valence-electron chi connectivity index (χ1n) is 12.8. The number of nitrogens with one attached hydrogen (secondary N) is 1. The molecule has 9 heteroatoms. The van der Waals surface area contributed by atoms with E-state index in [4.69, 9.17) is 10.5 Å². The second-order valence-electron chi connectivity index (χ2n) is 9.53. The third-order valence-electron chi connectivity index (χ3n) is 6.79. The van der Waals surface area contributed by atoms with E-state index < -0.39 is 6.09 Å². The zero-order valence-corrected chi connectivity index (χ0v) is 20.7. The lowest BCUT2D eigenvalue weighted by Crippen LogP contribution is -2.43. The Morgan fingerprint density at radius 3 is 2.48 bits per heavy atom. The van der Waals surface area contributed by atoms with Crippen molar-refractivity contribution in [2.45, 2.75) is 70.8 Å². The van der Waals surface area contributed by atoms with Gasteiger partial charge in [0.05, 0.1) is 5.92 Å². The summed E-state index contributed by atoms with van der Waals surface area (Å²) < 4.78 is 5.06. The molecule has 2 heterocycles. The summed E-state index contributed by atoms with van der Waals surface area (Å²) in [5, 5.41) is 3.03. The predicted molar refractivity (Wildman–Crippen MR) is 129 cm³/mol. The molecule has 1 atom stereocenters. The first-order valence-corrected chi connectivity index (χ1v) is 12.8. The third kappa shape index (κ3) is 10.7. The molecule has 0 aromatic rings. The molecule has 2 aliphatic rings. The Kier molecular flexibility index (Phi) is 12.5. The molecule has 33 heavy (non-hydrogen) atoms. The molecule has 2 aliphatic heterocycles. The van der Waals surface area contributed by atoms with E-state index in [1.807, 2.05) is 11.9 Å². The molecule has 0 radical (unpaired) electrons. The summed E-state index contributed by atoms with van der Waals surface area (Å²) in [5.41, 5.74) is 5.08. The fraction of sp³-hybridized carbons (Fsp3) is 0.875. The van der Waals surface area contributed by atoms with Crippen LogP contribution in [0.1, 0.15) is 64.7 Å². The number of nitrogens with zero attached hydrogens (tertiary/aromatic N) is 3. The molecule has 1 unspecified atom stereocenters. The second-order valence-corrected chi connectivity index (χ2v) is 9.53. The SMILES string of the molecule is CCCNC(=O)C1CCCN(CCCCCC(=O)N(C)CCN2CCC(OC(N)=O)CC2)C1. The molecular weight excluding hydrogens is 422 g/mol. The molecule has 0 spiro atoms. The van der Waals surface area contributed by atoms with Gasteiger partial charge in [-0.1, -0.05) is 13.3 Å². The van der Waals surface area contributed by atoms with Crippen LogP contribution in [0.3, 0.4) is 0 Å². The monoisotopic (exact) mass is 467 g/mol. The van der Waals surface area contributed by atoms with Crippen LogP contribution in [0.4, 0.5) is 4.79 Å². The van der Waals surface area contributed by atoms with E-state index in [1.165, 1.54) is 0 Å². The van der Waals surface area contributed by atoms with Crippen LogP contribution in [0.15, 0.2) is 0 Å². The smallest absolute Gasteiger partial charge is 0.404 e. The minimum absolute atomic E-state index is 0.0767. The van der Waals surface area contributed by atoms with E-state index >= 15 is 0 Å². The summed E-state index contributed by atoms with van der Waals surface area (Å²) in [6.45, 7) is 9.07. The van der Waals surface area contributed by atoms with Crippen molar-refractivity contribution in [3.63, 3.8) is 0 Å². The van der Waals surface area contributed by atoms with Gasteiger partial charge in [0.15, 0.2) is 0 Å². The van der Waals surface area contributed by atoms with Crippen LogP contribution in [-0.2, 0) is 14.3 Å². The quantitative estimate of drug-likeness (QED) is 0.400. The lowest BCUT2D eigenvalue weighted by atomic mass is 9.97. The average molecular weight is 468 g/mol. The number of rotatable bonds is 13. The molecule has 2 fully saturated rings. The number of nitrogens with two attached hydrogens (primary N) is 1. The lowest BCUT2D eigenvalue weighted by Gasteiger charge is -2.32. The molecule has 0 aromatic carbocycles. The van der Waals surface area contributed by atoms with E-state index in [1.54, 1.807) is 0 Å². The van der Waals surface area contributed by atoms with Gasteiger partial charge in [0.25, 0.3) is 0 Å². The van der Waals surface area contributed by atoms with Crippen LogP contribution in [0.25, 0.3) is 0 Å². The van der Waals surface area contributed by atoms with Crippen LogP contribution in [0.5, 0.6) is 0 Å². The van der Waals surface area contributed by atoms with E-state index in [0.29, 0.717) is 6.42 Å². The summed E-state index contributed by atoms with van der Waals surface area (Å²) in [7, 11) is 1.88. The Labute approximate surface area is 199 Å². The topological polar surface area (TPSA) is 108 Å². The van der Waals surface area contributed by atoms with E-state index in [9.17, 15) is 14.4 Å². The number of unbranched alkanes of at least 4 members (excludes halogenated alkanes) is 2. The number of likely N-dealkylation sites (tertiary alicyclic amines) is 2. The van der Waals surface area contributed by atoms with Crippen molar-refractivity contribution in [2.75, 3.05) is 59.4 Å². The first-order chi connectivity index (χ1) is 15.9. The van der Waals surface area contributed by atoms with Gasteiger partial charge in [-0.05, 0) is 58.0 Å². The first kappa shape index (κ1) is 27.4. The predicted octanol–water partition coefficient (Wildman–Crippen LogP) is 1.80. The number of ether oxygens (including phenoxy) is 1. The molecule has 190 valence electrons. The normalized spacial score (nSPS) is 20.4. The standard InChI is InChI=1S/C24H45N5O4/c1-3-12-26-23(31)20-8-7-14-29(19-20)13-6-4-5-9-22(30)27(2)17-18-28-15-10-21(11-16-28)33-24(25)32/h20-21H,3-19H2,1-2H3,(H2,25,32)(H,26,31). The molecule has 0 saturated carbocycles. The Balaban J connectivity index is 1.51. The van der Waals surface area contributed by atoms with Gasteiger partial charge >= 0.3 is 6.09 Å². The van der Waals surface area contributed by atoms with Gasteiger partial charge in [0, 0.05) is 52.7 Å². The molecule has 0 aromatic heterocycles. The maximum Gasteiger partial charge on any atom is 0.404 e. The molecule has 2 rings (SSSR count). The molecular formula is C24H45N5O4. The Hall–Kier alpha value is -1.87. The zero-order chi connectivity index (χ0) is 24.1. The Morgan fingerprint density at radius 2 is 1.79 bits per heavy atom. The second kappa shape index (κ2) is 15.1. The minimum Gasteiger partial charge on any atom is -0.446 e. The van der Waals surface area contributed by atoms with Gasteiger partial charge in [-0.3, -0.25) is 9.59 Å². The van der Waals surface area contributed by atoms with Gasteiger partial charge in [0.1, 0.15) is 6.10 Å². The number of hydrogen-bond acceptors (Lipinski definition) is 6. The average Bonchev–Trinajstić information content (AvgIpc) is 2.81. The maximum atomic E-state index is 12.4. The third-order valence-corrected chi connectivity index (χ3v) is 6.79. The fourth-order valence-corrected chi connectivity index (χ4v) is 4.68. The van der Waals surface area contributed by atoms with Crippen molar-refractivity contribution < 1.29 is 19.1 Å². The number of likely N-dealkylation sites (N-methyl/N-ethyl adjacent to an activating group) is 1. The van der Waals surface area contributed by atoms with Crippen LogP contribution in [0.2, 0.25) is 0 Å². The summed E-state index contributed by atoms with van der Waals surface area (Å²) in [6.07, 6.45) is 7.47. The fourth-order valence-electron chi connectivity index (χ4n) is 4.68. The Bertz CT molecular complexity index is 610. The number of primary amides is 1. The van der Waals surface area contributed by atoms with Crippen LogP contribution >= 0.6 is 0 Å². The van der Waals surface area contributed by atoms with E-state index in [0.717, 1.165) is 104 Å². The van der Waals surface area contributed by atoms with Crippen molar-refractivity contribution >= 4 is 17.9 Å². The summed E-state index contributed by atoms with van der Waals surface area (Å²) >= 11 is 0. The Morgan fingerprint density at radius 1 is 1.03 bits per heavy atom. The van der Waals surface area contributed by atoms with Crippen LogP contribution in [0, 0.1) is 5.92 Å². The highest BCUT2D eigenvalue weighted by atomic mass is 16.6. The highest BCUT2D eigenvalue weighted by molar-refractivity contribution is 5.79. The van der Waals surface area contributed by atoms with Crippen LogP contribution < -0.4 is 11.1 Å². The highest BCUT2D eigenvalue weighted by Gasteiger charge is 2.25. The van der Waals surface area contributed by atoms with Gasteiger partial charge in [-0.25, -0.2) is 4.79 Å². The lowest BCUT2D eigenvalue weighted by molar-refractivity contribution is -0.130. The zero-order valence-electron chi connectivity index (χ0n) is 20.7. The van der Waals surface area contributed by atoms with Gasteiger partial charge < -0.3 is 30.5 Å². The molecule has 0 aliphatic carbocycles. The van der Waals surface area contributed by atoms with Crippen molar-refractivity contribution in [3.05, 3.63) is 0 Å². The largest absolute Gasteiger partial charge is 0.446 e. The minimum atomic E-state index is -0.700. The number of amides is 3. The maximum absolute atomic E-state index is 12.4. The summed E-state index contributed by atoms with van der Waals surface area (Å²) in [6, 6.07) is 0. The molecule has 9 nitrogen and oxygen atoms in total. The highest BCUT2D eigenvalue weighted by Crippen LogP contribution is 2.18.